The first-order chi connectivity index (χ1) is 11.4. The summed E-state index contributed by atoms with van der Waals surface area (Å²) in [5.41, 5.74) is -0.151. The number of benzene rings is 2. The van der Waals surface area contributed by atoms with Gasteiger partial charge in [-0.1, -0.05) is 6.07 Å². The summed E-state index contributed by atoms with van der Waals surface area (Å²) in [6, 6.07) is 7.58. The highest BCUT2D eigenvalue weighted by molar-refractivity contribution is 5.78. The van der Waals surface area contributed by atoms with Crippen LogP contribution in [0.1, 0.15) is 18.5 Å². The number of hydrogen-bond acceptors (Lipinski definition) is 4. The van der Waals surface area contributed by atoms with Gasteiger partial charge < -0.3 is 10.1 Å². The fourth-order valence-electron chi connectivity index (χ4n) is 2.04. The number of rotatable bonds is 6. The smallest absolute Gasteiger partial charge is 0.273 e. The van der Waals surface area contributed by atoms with Crippen molar-refractivity contribution in [3.63, 3.8) is 0 Å². The van der Waals surface area contributed by atoms with Gasteiger partial charge in [0.1, 0.15) is 17.4 Å². The lowest BCUT2D eigenvalue weighted by molar-refractivity contribution is -0.384. The number of halogens is 2. The van der Waals surface area contributed by atoms with Crippen LogP contribution in [0.5, 0.6) is 5.75 Å². The molecule has 0 saturated heterocycles. The van der Waals surface area contributed by atoms with Crippen LogP contribution < -0.4 is 10.1 Å². The molecule has 0 aromatic heterocycles. The first kappa shape index (κ1) is 17.3. The Balaban J connectivity index is 1.94. The average Bonchev–Trinajstić information content (AvgIpc) is 2.55. The predicted molar refractivity (Wildman–Crippen MR) is 81.5 cm³/mol. The number of nitrogens with one attached hydrogen (secondary N) is 1. The van der Waals surface area contributed by atoms with Crippen molar-refractivity contribution in [3.8, 4) is 5.75 Å². The van der Waals surface area contributed by atoms with Crippen molar-refractivity contribution in [2.24, 2.45) is 0 Å². The topological polar surface area (TPSA) is 81.5 Å². The van der Waals surface area contributed by atoms with E-state index in [-0.39, 0.29) is 17.0 Å². The quantitative estimate of drug-likeness (QED) is 0.649. The molecule has 0 saturated carbocycles. The van der Waals surface area contributed by atoms with Gasteiger partial charge in [0, 0.05) is 11.6 Å². The molecule has 0 aliphatic heterocycles. The summed E-state index contributed by atoms with van der Waals surface area (Å²) >= 11 is 0. The summed E-state index contributed by atoms with van der Waals surface area (Å²) < 4.78 is 32.0. The van der Waals surface area contributed by atoms with Gasteiger partial charge in [-0.25, -0.2) is 8.78 Å². The van der Waals surface area contributed by atoms with E-state index in [4.69, 9.17) is 4.74 Å². The van der Waals surface area contributed by atoms with E-state index in [1.807, 2.05) is 0 Å². The molecule has 1 unspecified atom stereocenters. The minimum Gasteiger partial charge on any atom is -0.484 e. The third-order valence-corrected chi connectivity index (χ3v) is 3.20. The average molecular weight is 336 g/mol. The minimum atomic E-state index is -0.762. The zero-order valence-corrected chi connectivity index (χ0v) is 12.7. The molecule has 2 rings (SSSR count). The van der Waals surface area contributed by atoms with Crippen LogP contribution in [0.2, 0.25) is 0 Å². The minimum absolute atomic E-state index is 0.0127. The van der Waals surface area contributed by atoms with Gasteiger partial charge in [0.2, 0.25) is 0 Å². The first-order valence-corrected chi connectivity index (χ1v) is 6.98. The second-order valence-corrected chi connectivity index (χ2v) is 5.00. The lowest BCUT2D eigenvalue weighted by atomic mass is 10.1. The van der Waals surface area contributed by atoms with Crippen molar-refractivity contribution in [3.05, 3.63) is 69.8 Å². The molecule has 0 aliphatic carbocycles. The highest BCUT2D eigenvalue weighted by atomic mass is 19.1. The van der Waals surface area contributed by atoms with Gasteiger partial charge in [-0.3, -0.25) is 14.9 Å². The van der Waals surface area contributed by atoms with Crippen molar-refractivity contribution in [1.29, 1.82) is 0 Å². The fourth-order valence-corrected chi connectivity index (χ4v) is 2.04. The Hall–Kier alpha value is -3.03. The van der Waals surface area contributed by atoms with Gasteiger partial charge in [-0.05, 0) is 31.2 Å². The molecule has 1 N–H and O–H groups in total. The van der Waals surface area contributed by atoms with Crippen molar-refractivity contribution < 1.29 is 23.2 Å². The number of non-ortho nitro benzene ring substituents is 1. The molecule has 0 aliphatic rings. The fraction of sp³-hybridized carbons (Fsp3) is 0.188. The van der Waals surface area contributed by atoms with E-state index in [0.717, 1.165) is 18.2 Å². The van der Waals surface area contributed by atoms with Crippen LogP contribution in [-0.4, -0.2) is 17.4 Å². The van der Waals surface area contributed by atoms with Crippen molar-refractivity contribution in [2.75, 3.05) is 6.61 Å². The number of amides is 1. The SMILES string of the molecule is CC(NC(=O)COc1cccc([N+](=O)[O-])c1)c1cc(F)ccc1F. The third-order valence-electron chi connectivity index (χ3n) is 3.20. The van der Waals surface area contributed by atoms with E-state index < -0.39 is 35.1 Å². The first-order valence-electron chi connectivity index (χ1n) is 6.98. The van der Waals surface area contributed by atoms with Crippen molar-refractivity contribution in [2.45, 2.75) is 13.0 Å². The molecule has 8 heteroatoms. The molecule has 0 heterocycles. The normalized spacial score (nSPS) is 11.6. The van der Waals surface area contributed by atoms with Crippen LogP contribution in [0.25, 0.3) is 0 Å². The molecule has 1 amide bonds. The van der Waals surface area contributed by atoms with Gasteiger partial charge in [0.15, 0.2) is 6.61 Å². The monoisotopic (exact) mass is 336 g/mol. The summed E-state index contributed by atoms with van der Waals surface area (Å²) in [5.74, 6) is -1.66. The van der Waals surface area contributed by atoms with E-state index in [2.05, 4.69) is 5.32 Å². The van der Waals surface area contributed by atoms with Gasteiger partial charge in [0.05, 0.1) is 17.0 Å². The van der Waals surface area contributed by atoms with Gasteiger partial charge in [-0.2, -0.15) is 0 Å². The molecule has 0 bridgehead atoms. The zero-order valence-electron chi connectivity index (χ0n) is 12.7. The Morgan fingerprint density at radius 1 is 1.29 bits per heavy atom. The summed E-state index contributed by atoms with van der Waals surface area (Å²) in [6.45, 7) is 1.09. The largest absolute Gasteiger partial charge is 0.484 e. The van der Waals surface area contributed by atoms with E-state index >= 15 is 0 Å². The maximum atomic E-state index is 13.6. The van der Waals surface area contributed by atoms with Gasteiger partial charge in [-0.15, -0.1) is 0 Å². The van der Waals surface area contributed by atoms with Crippen LogP contribution >= 0.6 is 0 Å². The molecule has 2 aromatic carbocycles. The molecule has 6 nitrogen and oxygen atoms in total. The molecular weight excluding hydrogens is 322 g/mol. The maximum absolute atomic E-state index is 13.6. The Bertz CT molecular complexity index is 767. The Labute approximate surface area is 136 Å². The Morgan fingerprint density at radius 2 is 2.04 bits per heavy atom. The van der Waals surface area contributed by atoms with E-state index in [0.29, 0.717) is 0 Å². The van der Waals surface area contributed by atoms with Gasteiger partial charge in [0.25, 0.3) is 11.6 Å². The van der Waals surface area contributed by atoms with E-state index in [1.165, 1.54) is 31.2 Å². The number of nitro benzene ring substituents is 1. The van der Waals surface area contributed by atoms with Gasteiger partial charge >= 0.3 is 0 Å². The lowest BCUT2D eigenvalue weighted by Gasteiger charge is -2.15. The lowest BCUT2D eigenvalue weighted by Crippen LogP contribution is -2.31. The summed E-state index contributed by atoms with van der Waals surface area (Å²) in [4.78, 5) is 21.9. The number of carbonyl (C=O) groups excluding carboxylic acids is 1. The highest BCUT2D eigenvalue weighted by Crippen LogP contribution is 2.20. The summed E-state index contributed by atoms with van der Waals surface area (Å²) in [6.07, 6.45) is 0. The summed E-state index contributed by atoms with van der Waals surface area (Å²) in [7, 11) is 0. The molecule has 0 radical (unpaired) electrons. The van der Waals surface area contributed by atoms with Crippen LogP contribution in [0.15, 0.2) is 42.5 Å². The van der Waals surface area contributed by atoms with E-state index in [9.17, 15) is 23.7 Å². The number of nitrogens with zero attached hydrogens (tertiary/aromatic N) is 1. The second kappa shape index (κ2) is 7.49. The Morgan fingerprint density at radius 3 is 2.75 bits per heavy atom. The maximum Gasteiger partial charge on any atom is 0.273 e. The zero-order chi connectivity index (χ0) is 17.7. The third kappa shape index (κ3) is 4.48. The number of hydrogen-bond donors (Lipinski definition) is 1. The molecule has 126 valence electrons. The predicted octanol–water partition coefficient (Wildman–Crippen LogP) is 3.13. The molecule has 0 fully saturated rings. The molecule has 0 spiro atoms. The van der Waals surface area contributed by atoms with Crippen molar-refractivity contribution in [1.82, 2.24) is 5.32 Å². The van der Waals surface area contributed by atoms with Crippen LogP contribution in [-0.2, 0) is 4.79 Å². The standard InChI is InChI=1S/C16H14F2N2O4/c1-10(14-7-11(17)5-6-15(14)18)19-16(21)9-24-13-4-2-3-12(8-13)20(22)23/h2-8,10H,9H2,1H3,(H,19,21). The summed E-state index contributed by atoms with van der Waals surface area (Å²) in [5, 5.41) is 13.1. The number of ether oxygens (including phenoxy) is 1. The second-order valence-electron chi connectivity index (χ2n) is 5.00. The molecule has 2 aromatic rings. The molecule has 1 atom stereocenters. The highest BCUT2D eigenvalue weighted by Gasteiger charge is 2.15. The van der Waals surface area contributed by atoms with Crippen LogP contribution in [0, 0.1) is 21.7 Å². The molecule has 24 heavy (non-hydrogen) atoms. The van der Waals surface area contributed by atoms with Crippen LogP contribution in [0.3, 0.4) is 0 Å². The molecular formula is C16H14F2N2O4. The Kier molecular flexibility index (Phi) is 5.41. The van der Waals surface area contributed by atoms with Crippen molar-refractivity contribution >= 4 is 11.6 Å². The number of nitro groups is 1. The number of carbonyl (C=O) groups is 1. The van der Waals surface area contributed by atoms with E-state index in [1.54, 1.807) is 0 Å². The van der Waals surface area contributed by atoms with Crippen LogP contribution in [0.4, 0.5) is 14.5 Å².